The summed E-state index contributed by atoms with van der Waals surface area (Å²) in [7, 11) is 1.45. The molecule has 3 N–H and O–H groups in total. The number of hydrogen-bond donors (Lipinski definition) is 2. The van der Waals surface area contributed by atoms with Crippen LogP contribution in [0.5, 0.6) is 5.75 Å². The molecule has 12 nitrogen and oxygen atoms in total. The minimum atomic E-state index is -1.56. The highest BCUT2D eigenvalue weighted by atomic mass is 32.1. The number of carbonyl (C=O) groups is 1. The van der Waals surface area contributed by atoms with E-state index in [0.717, 1.165) is 15.9 Å². The molecule has 0 aliphatic heterocycles. The van der Waals surface area contributed by atoms with Gasteiger partial charge in [-0.2, -0.15) is 10.2 Å². The van der Waals surface area contributed by atoms with Crippen LogP contribution in [-0.4, -0.2) is 56.3 Å². The van der Waals surface area contributed by atoms with Gasteiger partial charge in [-0.1, -0.05) is 11.3 Å². The molecule has 0 saturated carbocycles. The van der Waals surface area contributed by atoms with Crippen LogP contribution in [0.4, 0.5) is 4.39 Å². The molecular formula is C27H34FN7O5S. The Morgan fingerprint density at radius 2 is 1.90 bits per heavy atom. The van der Waals surface area contributed by atoms with Crippen molar-refractivity contribution in [3.8, 4) is 10.8 Å². The van der Waals surface area contributed by atoms with Crippen molar-refractivity contribution >= 4 is 27.5 Å². The van der Waals surface area contributed by atoms with Gasteiger partial charge in [0.15, 0.2) is 0 Å². The maximum Gasteiger partial charge on any atom is 0.333 e. The molecule has 0 fully saturated rings. The fourth-order valence-corrected chi connectivity index (χ4v) is 5.83. The first-order valence-electron chi connectivity index (χ1n) is 13.0. The van der Waals surface area contributed by atoms with Crippen LogP contribution in [-0.2, 0) is 21.6 Å². The smallest absolute Gasteiger partial charge is 0.333 e. The molecule has 1 aromatic carbocycles. The molecule has 4 aromatic rings. The van der Waals surface area contributed by atoms with Crippen LogP contribution in [0.2, 0.25) is 0 Å². The van der Waals surface area contributed by atoms with Gasteiger partial charge in [-0.3, -0.25) is 14.2 Å². The van der Waals surface area contributed by atoms with Gasteiger partial charge < -0.3 is 20.5 Å². The zero-order valence-corrected chi connectivity index (χ0v) is 24.6. The molecule has 1 atom stereocenters. The second-order valence-electron chi connectivity index (χ2n) is 10.3. The number of nitrogens with two attached hydrogens (primary N) is 1. The second-order valence-corrected chi connectivity index (χ2v) is 11.3. The van der Waals surface area contributed by atoms with E-state index in [1.165, 1.54) is 60.9 Å². The number of amides is 1. The van der Waals surface area contributed by atoms with E-state index in [4.69, 9.17) is 15.2 Å². The third-order valence-electron chi connectivity index (χ3n) is 6.65. The highest BCUT2D eigenvalue weighted by Gasteiger charge is 2.36. The molecule has 1 amide bonds. The lowest BCUT2D eigenvalue weighted by Crippen LogP contribution is -2.56. The van der Waals surface area contributed by atoms with E-state index in [1.807, 2.05) is 0 Å². The molecule has 0 spiro atoms. The molecule has 3 heterocycles. The van der Waals surface area contributed by atoms with Gasteiger partial charge in [0.25, 0.3) is 5.56 Å². The van der Waals surface area contributed by atoms with E-state index >= 15 is 0 Å². The summed E-state index contributed by atoms with van der Waals surface area (Å²) in [5.41, 5.74) is 3.70. The summed E-state index contributed by atoms with van der Waals surface area (Å²) in [6.07, 6.45) is 2.11. The first-order valence-corrected chi connectivity index (χ1v) is 13.9. The Balaban J connectivity index is 2.03. The highest BCUT2D eigenvalue weighted by molar-refractivity contribution is 7.21. The van der Waals surface area contributed by atoms with Crippen LogP contribution in [0, 0.1) is 12.7 Å². The number of halogens is 1. The number of nitrogens with one attached hydrogen (secondary N) is 1. The van der Waals surface area contributed by atoms with Crippen molar-refractivity contribution in [1.82, 2.24) is 29.4 Å². The van der Waals surface area contributed by atoms with Gasteiger partial charge in [0.2, 0.25) is 5.91 Å². The quantitative estimate of drug-likeness (QED) is 0.272. The van der Waals surface area contributed by atoms with E-state index in [9.17, 15) is 18.8 Å². The van der Waals surface area contributed by atoms with Gasteiger partial charge in [0.05, 0.1) is 38.0 Å². The number of benzene rings is 1. The van der Waals surface area contributed by atoms with E-state index < -0.39 is 34.6 Å². The van der Waals surface area contributed by atoms with Gasteiger partial charge >= 0.3 is 5.69 Å². The third kappa shape index (κ3) is 5.67. The van der Waals surface area contributed by atoms with Crippen molar-refractivity contribution in [3.05, 3.63) is 68.4 Å². The number of aromatic nitrogens is 5. The van der Waals surface area contributed by atoms with Crippen molar-refractivity contribution in [2.75, 3.05) is 20.3 Å². The van der Waals surface area contributed by atoms with Crippen molar-refractivity contribution in [3.63, 3.8) is 0 Å². The first-order chi connectivity index (χ1) is 19.4. The normalized spacial score (nSPS) is 12.7. The fourth-order valence-electron chi connectivity index (χ4n) is 4.61. The van der Waals surface area contributed by atoms with Crippen molar-refractivity contribution in [2.24, 2.45) is 5.73 Å². The highest BCUT2D eigenvalue weighted by Crippen LogP contribution is 2.34. The van der Waals surface area contributed by atoms with Crippen molar-refractivity contribution < 1.29 is 18.7 Å². The monoisotopic (exact) mass is 587 g/mol. The zero-order valence-electron chi connectivity index (χ0n) is 23.8. The Morgan fingerprint density at radius 3 is 2.51 bits per heavy atom. The number of hydrogen-bond acceptors (Lipinski definition) is 9. The predicted molar refractivity (Wildman–Crippen MR) is 153 cm³/mol. The summed E-state index contributed by atoms with van der Waals surface area (Å²) >= 11 is 1.15. The Morgan fingerprint density at radius 1 is 1.22 bits per heavy atom. The summed E-state index contributed by atoms with van der Waals surface area (Å²) in [6.45, 7) is 8.48. The average Bonchev–Trinajstić information content (AvgIpc) is 3.56. The number of aryl methyl sites for hydroxylation is 1. The first kappa shape index (κ1) is 30.1. The Bertz CT molecular complexity index is 1670. The Labute approximate surface area is 239 Å². The third-order valence-corrected chi connectivity index (χ3v) is 7.93. The molecule has 220 valence electrons. The summed E-state index contributed by atoms with van der Waals surface area (Å²) in [4.78, 5) is 43.2. The zero-order chi connectivity index (χ0) is 30.1. The molecule has 41 heavy (non-hydrogen) atoms. The van der Waals surface area contributed by atoms with Gasteiger partial charge in [-0.25, -0.2) is 13.8 Å². The maximum atomic E-state index is 14.4. The molecule has 3 aromatic heterocycles. The molecule has 0 saturated heterocycles. The number of carbonyl (C=O) groups excluding carboxylic acids is 1. The summed E-state index contributed by atoms with van der Waals surface area (Å²) in [5.74, 6) is -0.663. The number of fused-ring (bicyclic) bond motifs is 1. The van der Waals surface area contributed by atoms with Gasteiger partial charge in [0, 0.05) is 23.7 Å². The van der Waals surface area contributed by atoms with Gasteiger partial charge in [-0.05, 0) is 52.8 Å². The van der Waals surface area contributed by atoms with Gasteiger partial charge in [0.1, 0.15) is 33.0 Å². The lowest BCUT2D eigenvalue weighted by Gasteiger charge is -2.28. The van der Waals surface area contributed by atoms with Crippen molar-refractivity contribution in [1.29, 1.82) is 0 Å². The number of ether oxygens (including phenoxy) is 2. The van der Waals surface area contributed by atoms with E-state index in [0.29, 0.717) is 26.7 Å². The number of methoxy groups -OCH3 is 1. The molecular weight excluding hydrogens is 553 g/mol. The lowest BCUT2D eigenvalue weighted by molar-refractivity contribution is -0.129. The SMILES string of the molecule is COc1ccc(F)cc1[C@H](Cn1c(=O)n(C(C)(C)C(=O)NC(C)C)c(=O)c2c(C)c(-n3nccn3)sc21)OCCN. The standard InChI is InChI=1S/C27H34FN7O5S/c1-15(2)32-25(37)27(4,5)34-22(36)21-16(3)23(35-30-10-11-31-35)41-24(21)33(26(34)38)14-20(40-12-9-29)18-13-17(28)7-8-19(18)39-6/h7-8,10-11,13,15,20H,9,12,14,29H2,1-6H3,(H,32,37)/t20-/m0/s1. The summed E-state index contributed by atoms with van der Waals surface area (Å²) < 4.78 is 28.2. The molecule has 0 aliphatic carbocycles. The molecule has 0 unspecified atom stereocenters. The lowest BCUT2D eigenvalue weighted by atomic mass is 10.0. The molecule has 0 radical (unpaired) electrons. The fraction of sp³-hybridized carbons (Fsp3) is 0.444. The summed E-state index contributed by atoms with van der Waals surface area (Å²) in [6, 6.07) is 3.78. The molecule has 0 bridgehead atoms. The van der Waals surface area contributed by atoms with E-state index in [-0.39, 0.29) is 31.1 Å². The Hall–Kier alpha value is -3.88. The molecule has 14 heteroatoms. The van der Waals surface area contributed by atoms with Crippen LogP contribution in [0.1, 0.15) is 44.9 Å². The van der Waals surface area contributed by atoms with Crippen molar-refractivity contribution in [2.45, 2.75) is 58.8 Å². The van der Waals surface area contributed by atoms with Crippen LogP contribution in [0.15, 0.2) is 40.2 Å². The largest absolute Gasteiger partial charge is 0.496 e. The maximum absolute atomic E-state index is 14.4. The Kier molecular flexibility index (Phi) is 8.75. The number of thiophene rings is 1. The topological polar surface area (TPSA) is 148 Å². The van der Waals surface area contributed by atoms with E-state index in [1.54, 1.807) is 20.8 Å². The summed E-state index contributed by atoms with van der Waals surface area (Å²) in [5, 5.41) is 12.0. The predicted octanol–water partition coefficient (Wildman–Crippen LogP) is 2.24. The minimum absolute atomic E-state index is 0.107. The van der Waals surface area contributed by atoms with Crippen LogP contribution in [0.3, 0.4) is 0 Å². The van der Waals surface area contributed by atoms with Crippen LogP contribution < -0.4 is 27.0 Å². The van der Waals surface area contributed by atoms with E-state index in [2.05, 4.69) is 15.5 Å². The number of rotatable bonds is 11. The second kappa shape index (κ2) is 11.9. The molecule has 4 rings (SSSR count). The number of nitrogens with zero attached hydrogens (tertiary/aromatic N) is 5. The van der Waals surface area contributed by atoms with Crippen LogP contribution in [0.25, 0.3) is 15.2 Å². The minimum Gasteiger partial charge on any atom is -0.496 e. The van der Waals surface area contributed by atoms with Gasteiger partial charge in [-0.15, -0.1) is 4.80 Å². The average molecular weight is 588 g/mol. The van der Waals surface area contributed by atoms with Crippen LogP contribution >= 0.6 is 11.3 Å². The molecule has 0 aliphatic rings.